The smallest absolute Gasteiger partial charge is 0.225 e. The van der Waals surface area contributed by atoms with Gasteiger partial charge in [0.05, 0.1) is 17.3 Å². The van der Waals surface area contributed by atoms with Crippen LogP contribution in [0.1, 0.15) is 6.42 Å². The molecule has 1 unspecified atom stereocenters. The Hall–Kier alpha value is -0.850. The third-order valence-corrected chi connectivity index (χ3v) is 4.41. The molecule has 0 aromatic heterocycles. The van der Waals surface area contributed by atoms with Crippen LogP contribution in [0.3, 0.4) is 0 Å². The fourth-order valence-corrected chi connectivity index (χ4v) is 2.90. The van der Waals surface area contributed by atoms with Crippen LogP contribution in [0.25, 0.3) is 0 Å². The molecule has 1 aromatic rings. The first-order valence-corrected chi connectivity index (χ1v) is 8.03. The highest BCUT2D eigenvalue weighted by Gasteiger charge is 2.24. The Balaban J connectivity index is 1.86. The largest absolute Gasteiger partial charge is 0.395 e. The van der Waals surface area contributed by atoms with Crippen LogP contribution in [0.5, 0.6) is 0 Å². The van der Waals surface area contributed by atoms with Gasteiger partial charge in [0.15, 0.2) is 0 Å². The van der Waals surface area contributed by atoms with Crippen LogP contribution in [0.2, 0.25) is 10.0 Å². The van der Waals surface area contributed by atoms with Crippen molar-refractivity contribution < 1.29 is 9.90 Å². The summed E-state index contributed by atoms with van der Waals surface area (Å²) in [6, 6.07) is 5.05. The van der Waals surface area contributed by atoms with Crippen molar-refractivity contribution in [3.05, 3.63) is 28.2 Å². The van der Waals surface area contributed by atoms with Crippen molar-refractivity contribution in [2.24, 2.45) is 0 Å². The number of carbonyl (C=O) groups is 1. The Bertz CT molecular complexity index is 528. The molecule has 1 saturated heterocycles. The summed E-state index contributed by atoms with van der Waals surface area (Å²) in [6.45, 7) is 3.33. The van der Waals surface area contributed by atoms with E-state index in [4.69, 9.17) is 23.2 Å². The number of hydrogen-bond donors (Lipinski definition) is 2. The Labute approximate surface area is 140 Å². The van der Waals surface area contributed by atoms with Crippen LogP contribution >= 0.6 is 23.2 Å². The quantitative estimate of drug-likeness (QED) is 0.856. The molecule has 1 amide bonds. The van der Waals surface area contributed by atoms with Gasteiger partial charge in [0.1, 0.15) is 0 Å². The van der Waals surface area contributed by atoms with E-state index in [-0.39, 0.29) is 18.6 Å². The highest BCUT2D eigenvalue weighted by molar-refractivity contribution is 6.35. The molecule has 2 N–H and O–H groups in total. The molecule has 0 spiro atoms. The molecule has 1 heterocycles. The molecule has 1 aromatic carbocycles. The number of halogens is 2. The van der Waals surface area contributed by atoms with Gasteiger partial charge in [-0.05, 0) is 25.2 Å². The number of hydrogen-bond acceptors (Lipinski definition) is 4. The van der Waals surface area contributed by atoms with Crippen molar-refractivity contribution in [3.63, 3.8) is 0 Å². The van der Waals surface area contributed by atoms with E-state index in [1.807, 2.05) is 7.05 Å². The molecule has 0 bridgehead atoms. The maximum atomic E-state index is 12.1. The number of amides is 1. The van der Waals surface area contributed by atoms with Gasteiger partial charge in [-0.15, -0.1) is 0 Å². The summed E-state index contributed by atoms with van der Waals surface area (Å²) >= 11 is 11.9. The average molecular weight is 346 g/mol. The highest BCUT2D eigenvalue weighted by Crippen LogP contribution is 2.25. The average Bonchev–Trinajstić information content (AvgIpc) is 2.49. The minimum Gasteiger partial charge on any atom is -0.395 e. The van der Waals surface area contributed by atoms with Crippen molar-refractivity contribution in [3.8, 4) is 0 Å². The fourth-order valence-electron chi connectivity index (χ4n) is 2.57. The summed E-state index contributed by atoms with van der Waals surface area (Å²) in [5, 5.41) is 13.2. The number of anilines is 1. The number of benzene rings is 1. The summed E-state index contributed by atoms with van der Waals surface area (Å²) in [4.78, 5) is 16.4. The minimum absolute atomic E-state index is 0.0845. The van der Waals surface area contributed by atoms with Crippen molar-refractivity contribution in [1.29, 1.82) is 0 Å². The lowest BCUT2D eigenvalue weighted by Gasteiger charge is -2.39. The highest BCUT2D eigenvalue weighted by atomic mass is 35.5. The summed E-state index contributed by atoms with van der Waals surface area (Å²) < 4.78 is 0. The molecule has 5 nitrogen and oxygen atoms in total. The van der Waals surface area contributed by atoms with E-state index in [2.05, 4.69) is 15.1 Å². The zero-order valence-corrected chi connectivity index (χ0v) is 14.1. The van der Waals surface area contributed by atoms with Crippen LogP contribution in [0.15, 0.2) is 18.2 Å². The molecule has 1 aliphatic heterocycles. The topological polar surface area (TPSA) is 55.8 Å². The predicted octanol–water partition coefficient (Wildman–Crippen LogP) is 1.93. The number of nitrogens with one attached hydrogen (secondary N) is 1. The second-order valence-electron chi connectivity index (χ2n) is 5.56. The lowest BCUT2D eigenvalue weighted by molar-refractivity contribution is -0.116. The molecule has 0 saturated carbocycles. The predicted molar refractivity (Wildman–Crippen MR) is 89.7 cm³/mol. The minimum atomic E-state index is -0.111. The van der Waals surface area contributed by atoms with Crippen molar-refractivity contribution in [2.45, 2.75) is 12.5 Å². The number of likely N-dealkylation sites (N-methyl/N-ethyl adjacent to an activating group) is 1. The van der Waals surface area contributed by atoms with E-state index >= 15 is 0 Å². The standard InChI is InChI=1S/C15H21Cl2N3O2/c1-19-6-7-20(12(9-19)10-21)5-4-15(22)18-14-8-11(16)2-3-13(14)17/h2-3,8,12,21H,4-7,9-10H2,1H3,(H,18,22). The molecule has 0 aliphatic carbocycles. The van der Waals surface area contributed by atoms with Crippen molar-refractivity contribution in [2.75, 3.05) is 45.2 Å². The summed E-state index contributed by atoms with van der Waals surface area (Å²) in [7, 11) is 2.04. The second kappa shape index (κ2) is 8.13. The number of carbonyl (C=O) groups excluding carboxylic acids is 1. The van der Waals surface area contributed by atoms with Gasteiger partial charge in [0.25, 0.3) is 0 Å². The van der Waals surface area contributed by atoms with Crippen LogP contribution in [0, 0.1) is 0 Å². The number of nitrogens with zero attached hydrogens (tertiary/aromatic N) is 2. The maximum Gasteiger partial charge on any atom is 0.225 e. The van der Waals surface area contributed by atoms with E-state index in [0.717, 1.165) is 19.6 Å². The molecule has 1 atom stereocenters. The van der Waals surface area contributed by atoms with Crippen LogP contribution < -0.4 is 5.32 Å². The Morgan fingerprint density at radius 1 is 1.41 bits per heavy atom. The number of piperazine rings is 1. The lowest BCUT2D eigenvalue weighted by Crippen LogP contribution is -2.53. The van der Waals surface area contributed by atoms with Gasteiger partial charge in [-0.1, -0.05) is 23.2 Å². The molecular weight excluding hydrogens is 325 g/mol. The van der Waals surface area contributed by atoms with Gasteiger partial charge < -0.3 is 15.3 Å². The van der Waals surface area contributed by atoms with Crippen molar-refractivity contribution >= 4 is 34.8 Å². The van der Waals surface area contributed by atoms with Gasteiger partial charge in [-0.3, -0.25) is 9.69 Å². The van der Waals surface area contributed by atoms with Gasteiger partial charge in [0.2, 0.25) is 5.91 Å². The first-order chi connectivity index (χ1) is 10.5. The Morgan fingerprint density at radius 2 is 2.18 bits per heavy atom. The SMILES string of the molecule is CN1CCN(CCC(=O)Nc2cc(Cl)ccc2Cl)C(CO)C1. The number of aliphatic hydroxyl groups excluding tert-OH is 1. The first kappa shape index (κ1) is 17.5. The van der Waals surface area contributed by atoms with Crippen LogP contribution in [-0.2, 0) is 4.79 Å². The Morgan fingerprint density at radius 3 is 2.91 bits per heavy atom. The van der Waals surface area contributed by atoms with Crippen LogP contribution in [-0.4, -0.2) is 66.7 Å². The molecule has 1 aliphatic rings. The van der Waals surface area contributed by atoms with Gasteiger partial charge in [-0.25, -0.2) is 0 Å². The van der Waals surface area contributed by atoms with Gasteiger partial charge >= 0.3 is 0 Å². The van der Waals surface area contributed by atoms with E-state index in [1.165, 1.54) is 0 Å². The number of aliphatic hydroxyl groups is 1. The number of rotatable bonds is 5. The van der Waals surface area contributed by atoms with Crippen molar-refractivity contribution in [1.82, 2.24) is 9.80 Å². The van der Waals surface area contributed by atoms with E-state index in [9.17, 15) is 9.90 Å². The fraction of sp³-hybridized carbons (Fsp3) is 0.533. The lowest BCUT2D eigenvalue weighted by atomic mass is 10.1. The molecule has 122 valence electrons. The Kier molecular flexibility index (Phi) is 6.47. The molecular formula is C15H21Cl2N3O2. The summed E-state index contributed by atoms with van der Waals surface area (Å²) in [5.41, 5.74) is 0.524. The molecule has 7 heteroatoms. The van der Waals surface area contributed by atoms with Gasteiger partial charge in [-0.2, -0.15) is 0 Å². The van der Waals surface area contributed by atoms with Gasteiger partial charge in [0, 0.05) is 43.7 Å². The molecule has 22 heavy (non-hydrogen) atoms. The first-order valence-electron chi connectivity index (χ1n) is 7.28. The van der Waals surface area contributed by atoms with Crippen LogP contribution in [0.4, 0.5) is 5.69 Å². The zero-order chi connectivity index (χ0) is 16.1. The molecule has 0 radical (unpaired) electrons. The van der Waals surface area contributed by atoms with E-state index in [1.54, 1.807) is 18.2 Å². The zero-order valence-electron chi connectivity index (χ0n) is 12.6. The third-order valence-electron chi connectivity index (χ3n) is 3.85. The summed E-state index contributed by atoms with van der Waals surface area (Å²) in [6.07, 6.45) is 0.350. The molecule has 2 rings (SSSR count). The molecule has 1 fully saturated rings. The normalized spacial score (nSPS) is 20.1. The summed E-state index contributed by atoms with van der Waals surface area (Å²) in [5.74, 6) is -0.111. The van der Waals surface area contributed by atoms with E-state index < -0.39 is 0 Å². The second-order valence-corrected chi connectivity index (χ2v) is 6.40. The third kappa shape index (κ3) is 4.83. The van der Waals surface area contributed by atoms with E-state index in [0.29, 0.717) is 28.7 Å². The monoisotopic (exact) mass is 345 g/mol. The maximum absolute atomic E-state index is 12.1.